The Hall–Kier alpha value is -1.18. The van der Waals surface area contributed by atoms with Gasteiger partial charge in [-0.25, -0.2) is 0 Å². The molecule has 1 fully saturated rings. The van der Waals surface area contributed by atoms with Crippen molar-refractivity contribution in [2.45, 2.75) is 45.4 Å². The van der Waals surface area contributed by atoms with E-state index < -0.39 is 0 Å². The summed E-state index contributed by atoms with van der Waals surface area (Å²) in [5.74, 6) is 0.401. The number of ketones is 1. The van der Waals surface area contributed by atoms with Crippen molar-refractivity contribution in [3.8, 4) is 0 Å². The zero-order chi connectivity index (χ0) is 11.4. The van der Waals surface area contributed by atoms with Crippen molar-refractivity contribution in [1.29, 1.82) is 0 Å². The summed E-state index contributed by atoms with van der Waals surface area (Å²) in [6.07, 6.45) is 9.92. The molecule has 0 aromatic carbocycles. The largest absolute Gasteiger partial charge is 0.299 e. The summed E-state index contributed by atoms with van der Waals surface area (Å²) in [6, 6.07) is 3.87. The van der Waals surface area contributed by atoms with E-state index in [1.54, 1.807) is 12.4 Å². The highest BCUT2D eigenvalue weighted by molar-refractivity contribution is 5.86. The Morgan fingerprint density at radius 3 is 2.50 bits per heavy atom. The molecule has 2 nitrogen and oxygen atoms in total. The lowest BCUT2D eigenvalue weighted by Gasteiger charge is -2.32. The van der Waals surface area contributed by atoms with Gasteiger partial charge in [0.25, 0.3) is 0 Å². The standard InChI is InChI=1S/C14H19NO/c1-14(7-3-2-4-8-14)13(16)11-12-5-9-15-10-6-12/h5-6,9-10H,2-4,7-8,11H2,1H3. The molecule has 0 amide bonds. The van der Waals surface area contributed by atoms with Crippen LogP contribution in [-0.2, 0) is 11.2 Å². The highest BCUT2D eigenvalue weighted by atomic mass is 16.1. The van der Waals surface area contributed by atoms with Gasteiger partial charge in [0.15, 0.2) is 0 Å². The molecule has 0 aliphatic heterocycles. The van der Waals surface area contributed by atoms with Crippen LogP contribution in [0.5, 0.6) is 0 Å². The minimum atomic E-state index is -0.0679. The van der Waals surface area contributed by atoms with Crippen LogP contribution < -0.4 is 0 Å². The van der Waals surface area contributed by atoms with Gasteiger partial charge in [-0.1, -0.05) is 26.2 Å². The summed E-state index contributed by atoms with van der Waals surface area (Å²) in [5.41, 5.74) is 1.02. The van der Waals surface area contributed by atoms with E-state index in [-0.39, 0.29) is 5.41 Å². The van der Waals surface area contributed by atoms with Crippen LogP contribution in [0.4, 0.5) is 0 Å². The molecule has 0 unspecified atom stereocenters. The molecule has 2 rings (SSSR count). The third kappa shape index (κ3) is 2.49. The van der Waals surface area contributed by atoms with Gasteiger partial charge in [0.05, 0.1) is 0 Å². The molecule has 16 heavy (non-hydrogen) atoms. The molecule has 1 aromatic heterocycles. The van der Waals surface area contributed by atoms with Crippen LogP contribution in [0, 0.1) is 5.41 Å². The number of hydrogen-bond donors (Lipinski definition) is 0. The second-order valence-electron chi connectivity index (χ2n) is 5.08. The molecule has 1 aliphatic carbocycles. The van der Waals surface area contributed by atoms with E-state index in [9.17, 15) is 4.79 Å². The Balaban J connectivity index is 2.02. The fourth-order valence-electron chi connectivity index (χ4n) is 2.51. The van der Waals surface area contributed by atoms with Crippen LogP contribution in [0.15, 0.2) is 24.5 Å². The van der Waals surface area contributed by atoms with Crippen molar-refractivity contribution in [3.05, 3.63) is 30.1 Å². The highest BCUT2D eigenvalue weighted by Crippen LogP contribution is 2.37. The van der Waals surface area contributed by atoms with Crippen molar-refractivity contribution >= 4 is 5.78 Å². The molecule has 2 heteroatoms. The molecule has 0 radical (unpaired) electrons. The van der Waals surface area contributed by atoms with Crippen LogP contribution in [0.1, 0.15) is 44.6 Å². The summed E-state index contributed by atoms with van der Waals surface area (Å²) < 4.78 is 0. The Morgan fingerprint density at radius 1 is 1.25 bits per heavy atom. The fourth-order valence-corrected chi connectivity index (χ4v) is 2.51. The smallest absolute Gasteiger partial charge is 0.143 e. The minimum absolute atomic E-state index is 0.0679. The lowest BCUT2D eigenvalue weighted by atomic mass is 9.71. The first-order chi connectivity index (χ1) is 7.71. The normalized spacial score (nSPS) is 19.3. The van der Waals surface area contributed by atoms with Gasteiger partial charge in [-0.2, -0.15) is 0 Å². The Kier molecular flexibility index (Phi) is 3.37. The van der Waals surface area contributed by atoms with E-state index in [0.717, 1.165) is 18.4 Å². The number of hydrogen-bond acceptors (Lipinski definition) is 2. The van der Waals surface area contributed by atoms with Gasteiger partial charge in [-0.05, 0) is 30.5 Å². The monoisotopic (exact) mass is 217 g/mol. The lowest BCUT2D eigenvalue weighted by molar-refractivity contribution is -0.128. The van der Waals surface area contributed by atoms with Crippen LogP contribution >= 0.6 is 0 Å². The van der Waals surface area contributed by atoms with Crippen molar-refractivity contribution in [2.75, 3.05) is 0 Å². The number of carbonyl (C=O) groups is 1. The van der Waals surface area contributed by atoms with Gasteiger partial charge in [-0.15, -0.1) is 0 Å². The molecule has 1 heterocycles. The van der Waals surface area contributed by atoms with Gasteiger partial charge in [0.2, 0.25) is 0 Å². The number of pyridine rings is 1. The number of carbonyl (C=O) groups excluding carboxylic acids is 1. The second kappa shape index (κ2) is 4.77. The molecular formula is C14H19NO. The maximum atomic E-state index is 12.3. The first kappa shape index (κ1) is 11.3. The summed E-state index contributed by atoms with van der Waals surface area (Å²) >= 11 is 0. The van der Waals surface area contributed by atoms with E-state index in [1.807, 2.05) is 12.1 Å². The molecule has 0 N–H and O–H groups in total. The van der Waals surface area contributed by atoms with Gasteiger partial charge < -0.3 is 0 Å². The second-order valence-corrected chi connectivity index (χ2v) is 5.08. The van der Waals surface area contributed by atoms with Gasteiger partial charge >= 0.3 is 0 Å². The number of Topliss-reactive ketones (excluding diaryl/α,β-unsaturated/α-hetero) is 1. The number of rotatable bonds is 3. The molecule has 0 spiro atoms. The van der Waals surface area contributed by atoms with Crippen LogP contribution in [0.25, 0.3) is 0 Å². The van der Waals surface area contributed by atoms with Crippen LogP contribution in [0.2, 0.25) is 0 Å². The molecular weight excluding hydrogens is 198 g/mol. The van der Waals surface area contributed by atoms with Gasteiger partial charge in [0.1, 0.15) is 5.78 Å². The SMILES string of the molecule is CC1(C(=O)Cc2ccncc2)CCCCC1. The summed E-state index contributed by atoms with van der Waals surface area (Å²) in [4.78, 5) is 16.2. The molecule has 1 aromatic rings. The van der Waals surface area contributed by atoms with Crippen molar-refractivity contribution < 1.29 is 4.79 Å². The van der Waals surface area contributed by atoms with Crippen LogP contribution in [0.3, 0.4) is 0 Å². The summed E-state index contributed by atoms with van der Waals surface area (Å²) in [6.45, 7) is 2.13. The van der Waals surface area contributed by atoms with Crippen molar-refractivity contribution in [2.24, 2.45) is 5.41 Å². The quantitative estimate of drug-likeness (QED) is 0.778. The molecule has 0 bridgehead atoms. The van der Waals surface area contributed by atoms with Gasteiger partial charge in [-0.3, -0.25) is 9.78 Å². The van der Waals surface area contributed by atoms with Crippen molar-refractivity contribution in [3.63, 3.8) is 0 Å². The Labute approximate surface area is 97.1 Å². The van der Waals surface area contributed by atoms with E-state index in [2.05, 4.69) is 11.9 Å². The molecule has 86 valence electrons. The number of nitrogens with zero attached hydrogens (tertiary/aromatic N) is 1. The van der Waals surface area contributed by atoms with Crippen LogP contribution in [-0.4, -0.2) is 10.8 Å². The summed E-state index contributed by atoms with van der Waals surface area (Å²) in [7, 11) is 0. The predicted octanol–water partition coefficient (Wildman–Crippen LogP) is 3.16. The summed E-state index contributed by atoms with van der Waals surface area (Å²) in [5, 5.41) is 0. The first-order valence-corrected chi connectivity index (χ1v) is 6.13. The molecule has 0 saturated heterocycles. The van der Waals surface area contributed by atoms with Crippen molar-refractivity contribution in [1.82, 2.24) is 4.98 Å². The third-order valence-corrected chi connectivity index (χ3v) is 3.74. The molecule has 1 aliphatic rings. The van der Waals surface area contributed by atoms with E-state index >= 15 is 0 Å². The maximum absolute atomic E-state index is 12.3. The Morgan fingerprint density at radius 2 is 1.88 bits per heavy atom. The third-order valence-electron chi connectivity index (χ3n) is 3.74. The average molecular weight is 217 g/mol. The minimum Gasteiger partial charge on any atom is -0.299 e. The Bertz CT molecular complexity index is 352. The van der Waals surface area contributed by atoms with E-state index in [1.165, 1.54) is 19.3 Å². The molecule has 1 saturated carbocycles. The topological polar surface area (TPSA) is 30.0 Å². The lowest BCUT2D eigenvalue weighted by Crippen LogP contribution is -2.31. The number of aromatic nitrogens is 1. The fraction of sp³-hybridized carbons (Fsp3) is 0.571. The highest BCUT2D eigenvalue weighted by Gasteiger charge is 2.33. The average Bonchev–Trinajstić information content (AvgIpc) is 2.31. The van der Waals surface area contributed by atoms with E-state index in [4.69, 9.17) is 0 Å². The van der Waals surface area contributed by atoms with E-state index in [0.29, 0.717) is 12.2 Å². The zero-order valence-corrected chi connectivity index (χ0v) is 9.91. The first-order valence-electron chi connectivity index (χ1n) is 6.13. The zero-order valence-electron chi connectivity index (χ0n) is 9.91. The van der Waals surface area contributed by atoms with Gasteiger partial charge in [0, 0.05) is 24.2 Å². The molecule has 0 atom stereocenters. The maximum Gasteiger partial charge on any atom is 0.143 e. The predicted molar refractivity (Wildman–Crippen MR) is 64.1 cm³/mol.